The lowest BCUT2D eigenvalue weighted by atomic mass is 10.1. The zero-order valence-corrected chi connectivity index (χ0v) is 26.4. The first-order valence-electron chi connectivity index (χ1n) is 13.6. The quantitative estimate of drug-likeness (QED) is 0.274. The maximum Gasteiger partial charge on any atom is 0.331 e. The van der Waals surface area contributed by atoms with Gasteiger partial charge in [0.25, 0.3) is 0 Å². The molecule has 0 fully saturated rings. The number of hydrogen-bond donors (Lipinski definition) is 1. The number of carbonyl (C=O) groups is 2. The normalized spacial score (nSPS) is 25.5. The van der Waals surface area contributed by atoms with E-state index in [0.29, 0.717) is 25.7 Å². The van der Waals surface area contributed by atoms with Gasteiger partial charge in [0, 0.05) is 42.1 Å². The number of esters is 2. The van der Waals surface area contributed by atoms with E-state index >= 15 is 0 Å². The molecule has 1 aromatic rings. The van der Waals surface area contributed by atoms with Crippen LogP contribution in [0.5, 0.6) is 0 Å². The summed E-state index contributed by atoms with van der Waals surface area (Å²) < 4.78 is 36.1. The van der Waals surface area contributed by atoms with E-state index in [1.54, 1.807) is 19.1 Å². The number of nitrogens with zero attached hydrogens (tertiary/aromatic N) is 2. The van der Waals surface area contributed by atoms with Crippen molar-refractivity contribution in [2.45, 2.75) is 78.0 Å². The molecule has 0 aromatic carbocycles. The van der Waals surface area contributed by atoms with Gasteiger partial charge in [-0.15, -0.1) is 11.3 Å². The van der Waals surface area contributed by atoms with Gasteiger partial charge in [-0.25, -0.2) is 14.5 Å². The molecule has 0 amide bonds. The summed E-state index contributed by atoms with van der Waals surface area (Å²) in [6.45, 7) is 8.47. The van der Waals surface area contributed by atoms with Gasteiger partial charge in [0.05, 0.1) is 10.7 Å². The van der Waals surface area contributed by atoms with Gasteiger partial charge in [-0.1, -0.05) is 47.1 Å². The molecule has 41 heavy (non-hydrogen) atoms. The minimum atomic E-state index is -2.60. The van der Waals surface area contributed by atoms with Crippen LogP contribution in [0.25, 0.3) is 0 Å². The van der Waals surface area contributed by atoms with Gasteiger partial charge in [-0.05, 0) is 67.1 Å². The lowest BCUT2D eigenvalue weighted by Gasteiger charge is -2.21. The van der Waals surface area contributed by atoms with Gasteiger partial charge in [0.2, 0.25) is 0 Å². The summed E-state index contributed by atoms with van der Waals surface area (Å²) in [4.78, 5) is 32.1. The number of likely N-dealkylation sites (N-methyl/N-ethyl adjacent to an activating group) is 1. The fourth-order valence-electron chi connectivity index (χ4n) is 4.02. The van der Waals surface area contributed by atoms with E-state index in [2.05, 4.69) is 15.7 Å². The first-order chi connectivity index (χ1) is 19.4. The van der Waals surface area contributed by atoms with Crippen molar-refractivity contribution >= 4 is 34.5 Å². The summed E-state index contributed by atoms with van der Waals surface area (Å²) >= 11 is -1.13. The molecular weight excluding hydrogens is 562 g/mol. The van der Waals surface area contributed by atoms with Crippen molar-refractivity contribution in [2.24, 2.45) is 0 Å². The van der Waals surface area contributed by atoms with Crippen molar-refractivity contribution in [3.05, 3.63) is 75.3 Å². The Labute approximate surface area is 250 Å². The van der Waals surface area contributed by atoms with Crippen LogP contribution in [0.4, 0.5) is 0 Å². The Morgan fingerprint density at radius 1 is 1.22 bits per heavy atom. The van der Waals surface area contributed by atoms with Crippen LogP contribution in [-0.2, 0) is 43.2 Å². The number of rotatable bonds is 7. The molecule has 1 aromatic heterocycles. The number of aryl methyl sites for hydroxylation is 1. The van der Waals surface area contributed by atoms with Crippen molar-refractivity contribution in [3.63, 3.8) is 0 Å². The topological polar surface area (TPSA) is 121 Å². The minimum absolute atomic E-state index is 0.279. The number of aromatic nitrogens is 1. The fourth-order valence-corrected chi connectivity index (χ4v) is 5.34. The Bertz CT molecular complexity index is 1200. The molecule has 2 heterocycles. The van der Waals surface area contributed by atoms with Gasteiger partial charge in [-0.2, -0.15) is 0 Å². The highest BCUT2D eigenvalue weighted by molar-refractivity contribution is 7.77. The zero-order valence-electron chi connectivity index (χ0n) is 24.8. The summed E-state index contributed by atoms with van der Waals surface area (Å²) in [5.41, 5.74) is 3.82. The molecule has 0 radical (unpaired) electrons. The molecule has 9 nitrogen and oxygen atoms in total. The predicted octanol–water partition coefficient (Wildman–Crippen LogP) is 4.52. The molecule has 0 saturated heterocycles. The van der Waals surface area contributed by atoms with E-state index in [-0.39, 0.29) is 6.42 Å². The Balaban J connectivity index is 2.29. The van der Waals surface area contributed by atoms with E-state index < -0.39 is 41.5 Å². The monoisotopic (exact) mass is 604 g/mol. The van der Waals surface area contributed by atoms with E-state index in [1.165, 1.54) is 17.4 Å². The van der Waals surface area contributed by atoms with Gasteiger partial charge < -0.3 is 18.9 Å². The highest BCUT2D eigenvalue weighted by Crippen LogP contribution is 2.18. The van der Waals surface area contributed by atoms with Crippen LogP contribution in [0.15, 0.2) is 64.6 Å². The first kappa shape index (κ1) is 34.5. The molecule has 0 spiro atoms. The predicted molar refractivity (Wildman–Crippen MR) is 163 cm³/mol. The Morgan fingerprint density at radius 2 is 1.95 bits per heavy atom. The first-order valence-corrected chi connectivity index (χ1v) is 15.6. The third kappa shape index (κ3) is 14.7. The second-order valence-electron chi connectivity index (χ2n) is 10.5. The molecule has 1 N–H and O–H groups in total. The molecule has 11 heteroatoms. The lowest BCUT2D eigenvalue weighted by Crippen LogP contribution is -2.40. The molecule has 4 atom stereocenters. The van der Waals surface area contributed by atoms with Gasteiger partial charge in [0.1, 0.15) is 18.2 Å². The Kier molecular flexibility index (Phi) is 15.1. The van der Waals surface area contributed by atoms with Crippen LogP contribution in [0, 0.1) is 0 Å². The summed E-state index contributed by atoms with van der Waals surface area (Å²) in [5.74, 6) is -1.09. The number of allylic oxidation sites excluding steroid dienone is 6. The molecule has 0 aliphatic carbocycles. The fraction of sp³-hybridized carbons (Fsp3) is 0.500. The SMILES string of the molecule is CC(/C=C/C(C)=C/C1Cc2nc(cs2)CCCC(NS(=O)[O-])C(=O)OC(C)C/C(C)=C/C=C\C(=O)O1)=C\CN(C)C. The number of fused-ring (bicyclic) bond motifs is 2. The highest BCUT2D eigenvalue weighted by atomic mass is 32.2. The molecule has 1 aliphatic rings. The molecule has 0 saturated carbocycles. The van der Waals surface area contributed by atoms with Crippen LogP contribution in [0.2, 0.25) is 0 Å². The van der Waals surface area contributed by atoms with Crippen molar-refractivity contribution < 1.29 is 27.8 Å². The summed E-state index contributed by atoms with van der Waals surface area (Å²) in [6, 6.07) is -0.974. The summed E-state index contributed by atoms with van der Waals surface area (Å²) in [7, 11) is 4.04. The molecule has 226 valence electrons. The van der Waals surface area contributed by atoms with Crippen LogP contribution >= 0.6 is 11.3 Å². The van der Waals surface area contributed by atoms with Crippen LogP contribution in [-0.4, -0.2) is 69.5 Å². The molecule has 2 bridgehead atoms. The number of ether oxygens (including phenoxy) is 2. The van der Waals surface area contributed by atoms with E-state index in [0.717, 1.165) is 34.0 Å². The highest BCUT2D eigenvalue weighted by Gasteiger charge is 2.22. The third-order valence-electron chi connectivity index (χ3n) is 6.07. The van der Waals surface area contributed by atoms with Crippen LogP contribution in [0.1, 0.15) is 57.7 Å². The third-order valence-corrected chi connectivity index (χ3v) is 7.46. The minimum Gasteiger partial charge on any atom is -0.760 e. The average molecular weight is 605 g/mol. The number of thiazole rings is 1. The molecule has 2 rings (SSSR count). The van der Waals surface area contributed by atoms with Crippen molar-refractivity contribution in [1.29, 1.82) is 0 Å². The van der Waals surface area contributed by atoms with Crippen LogP contribution < -0.4 is 4.72 Å². The summed E-state index contributed by atoms with van der Waals surface area (Å²) in [5, 5.41) is 2.75. The maximum atomic E-state index is 12.7. The van der Waals surface area contributed by atoms with E-state index in [4.69, 9.17) is 14.5 Å². The van der Waals surface area contributed by atoms with Crippen molar-refractivity contribution in [1.82, 2.24) is 14.6 Å². The second-order valence-corrected chi connectivity index (χ2v) is 12.1. The van der Waals surface area contributed by atoms with Crippen molar-refractivity contribution in [2.75, 3.05) is 20.6 Å². The number of cyclic esters (lactones) is 2. The average Bonchev–Trinajstić information content (AvgIpc) is 3.31. The number of nitrogens with one attached hydrogen (secondary N) is 1. The standard InChI is InChI=1S/C30H43N3O6S2/c1-21(15-16-33(5)6)13-14-23(3)18-26-19-28-31-25(20-40-28)10-8-11-27(32-41(36)37)30(35)38-24(4)17-22(2)9-7-12-29(34)39-26/h7,9,12-15,18,20,24,26-27,32H,8,10-11,16-17,19H2,1-6H3,(H,36,37)/p-1/b12-7-,14-13+,21-15+,22-9+,23-18+. The van der Waals surface area contributed by atoms with E-state index in [1.807, 2.05) is 58.5 Å². The van der Waals surface area contributed by atoms with E-state index in [9.17, 15) is 18.4 Å². The number of carbonyl (C=O) groups excluding carboxylic acids is 2. The second kappa shape index (κ2) is 18.0. The van der Waals surface area contributed by atoms with Crippen molar-refractivity contribution in [3.8, 4) is 0 Å². The molecule has 4 unspecified atom stereocenters. The molecular formula is C30H42N3O6S2-. The number of hydrogen-bond acceptors (Lipinski definition) is 9. The smallest absolute Gasteiger partial charge is 0.331 e. The van der Waals surface area contributed by atoms with Gasteiger partial charge in [0.15, 0.2) is 0 Å². The lowest BCUT2D eigenvalue weighted by molar-refractivity contribution is -0.150. The van der Waals surface area contributed by atoms with Gasteiger partial charge >= 0.3 is 11.9 Å². The maximum absolute atomic E-state index is 12.7. The van der Waals surface area contributed by atoms with Crippen LogP contribution in [0.3, 0.4) is 0 Å². The summed E-state index contributed by atoms with van der Waals surface area (Å²) in [6.07, 6.45) is 14.1. The largest absolute Gasteiger partial charge is 0.760 e. The molecule has 1 aliphatic heterocycles. The zero-order chi connectivity index (χ0) is 30.4. The Hall–Kier alpha value is -2.70. The van der Waals surface area contributed by atoms with Gasteiger partial charge in [-0.3, -0.25) is 9.00 Å². The Morgan fingerprint density at radius 3 is 2.66 bits per heavy atom.